The van der Waals surface area contributed by atoms with Crippen molar-refractivity contribution < 1.29 is 0 Å². The molecule has 0 atom stereocenters. The van der Waals surface area contributed by atoms with Crippen molar-refractivity contribution in [2.75, 3.05) is 0 Å². The number of aryl methyl sites for hydroxylation is 1. The summed E-state index contributed by atoms with van der Waals surface area (Å²) < 4.78 is 0. The minimum Gasteiger partial charge on any atom is -0.253 e. The standard InChI is InChI=1S/C10H9N.B/c1-8-6-7-9-4-2-3-5-10(9)11-8;/h2-7H,1H3;. The number of fused-ring (bicyclic) bond motifs is 1. The van der Waals surface area contributed by atoms with Crippen molar-refractivity contribution in [2.24, 2.45) is 0 Å². The highest BCUT2D eigenvalue weighted by atomic mass is 14.7. The van der Waals surface area contributed by atoms with Gasteiger partial charge in [-0.1, -0.05) is 24.3 Å². The number of rotatable bonds is 0. The Hall–Kier alpha value is -1.31. The highest BCUT2D eigenvalue weighted by Gasteiger charge is 1.90. The van der Waals surface area contributed by atoms with Gasteiger partial charge >= 0.3 is 0 Å². The van der Waals surface area contributed by atoms with Crippen molar-refractivity contribution in [3.05, 3.63) is 42.1 Å². The predicted octanol–water partition coefficient (Wildman–Crippen LogP) is 2.16. The molecule has 0 unspecified atom stereocenters. The monoisotopic (exact) mass is 154 g/mol. The molecule has 2 heteroatoms. The third-order valence-electron chi connectivity index (χ3n) is 1.74. The van der Waals surface area contributed by atoms with Crippen molar-refractivity contribution in [3.63, 3.8) is 0 Å². The van der Waals surface area contributed by atoms with Gasteiger partial charge in [0.2, 0.25) is 0 Å². The van der Waals surface area contributed by atoms with E-state index < -0.39 is 0 Å². The van der Waals surface area contributed by atoms with Crippen LogP contribution in [0.5, 0.6) is 0 Å². The molecule has 0 aliphatic heterocycles. The molecule has 0 spiro atoms. The lowest BCUT2D eigenvalue weighted by molar-refractivity contribution is 1.26. The van der Waals surface area contributed by atoms with E-state index in [1.54, 1.807) is 0 Å². The molecular formula is C10H9BN. The van der Waals surface area contributed by atoms with Crippen LogP contribution >= 0.6 is 0 Å². The third kappa shape index (κ3) is 1.47. The van der Waals surface area contributed by atoms with Crippen molar-refractivity contribution in [3.8, 4) is 0 Å². The van der Waals surface area contributed by atoms with Gasteiger partial charge < -0.3 is 0 Å². The van der Waals surface area contributed by atoms with Crippen LogP contribution in [-0.4, -0.2) is 13.4 Å². The Morgan fingerprint density at radius 2 is 1.75 bits per heavy atom. The zero-order valence-corrected chi connectivity index (χ0v) is 6.99. The highest BCUT2D eigenvalue weighted by molar-refractivity contribution is 5.78. The number of para-hydroxylation sites is 1. The first-order chi connectivity index (χ1) is 5.36. The maximum atomic E-state index is 4.38. The van der Waals surface area contributed by atoms with E-state index in [0.717, 1.165) is 11.2 Å². The average Bonchev–Trinajstić information content (AvgIpc) is 2.04. The quantitative estimate of drug-likeness (QED) is 0.529. The Kier molecular flexibility index (Phi) is 2.49. The van der Waals surface area contributed by atoms with Gasteiger partial charge in [0.1, 0.15) is 0 Å². The van der Waals surface area contributed by atoms with Crippen molar-refractivity contribution in [2.45, 2.75) is 6.92 Å². The second-order valence-electron chi connectivity index (χ2n) is 2.65. The summed E-state index contributed by atoms with van der Waals surface area (Å²) in [6.07, 6.45) is 0. The van der Waals surface area contributed by atoms with Crippen LogP contribution in [-0.2, 0) is 0 Å². The molecular weight excluding hydrogens is 145 g/mol. The lowest BCUT2D eigenvalue weighted by Crippen LogP contribution is -1.80. The van der Waals surface area contributed by atoms with E-state index in [4.69, 9.17) is 0 Å². The molecule has 1 aromatic carbocycles. The maximum Gasteiger partial charge on any atom is 0.0705 e. The molecule has 0 saturated heterocycles. The van der Waals surface area contributed by atoms with Gasteiger partial charge in [0.15, 0.2) is 0 Å². The topological polar surface area (TPSA) is 12.9 Å². The predicted molar refractivity (Wildman–Crippen MR) is 52.2 cm³/mol. The molecule has 2 rings (SSSR count). The lowest BCUT2D eigenvalue weighted by Gasteiger charge is -1.95. The smallest absolute Gasteiger partial charge is 0.0705 e. The van der Waals surface area contributed by atoms with E-state index in [0.29, 0.717) is 0 Å². The van der Waals surface area contributed by atoms with Gasteiger partial charge in [-0.25, -0.2) is 0 Å². The first-order valence-electron chi connectivity index (χ1n) is 3.69. The number of hydrogen-bond donors (Lipinski definition) is 0. The average molecular weight is 154 g/mol. The molecule has 1 heterocycles. The lowest BCUT2D eigenvalue weighted by atomic mass is 10.2. The molecule has 3 radical (unpaired) electrons. The van der Waals surface area contributed by atoms with Gasteiger partial charge in [0.05, 0.1) is 5.52 Å². The first-order valence-corrected chi connectivity index (χ1v) is 3.69. The molecule has 2 aromatic rings. The van der Waals surface area contributed by atoms with Crippen LogP contribution in [0.25, 0.3) is 10.9 Å². The van der Waals surface area contributed by atoms with E-state index >= 15 is 0 Å². The third-order valence-corrected chi connectivity index (χ3v) is 1.74. The van der Waals surface area contributed by atoms with Gasteiger partial charge in [-0.15, -0.1) is 0 Å². The SMILES string of the molecule is Cc1ccc2ccccc2n1.[B]. The molecule has 0 bridgehead atoms. The number of hydrogen-bond acceptors (Lipinski definition) is 1. The van der Waals surface area contributed by atoms with E-state index in [1.807, 2.05) is 31.2 Å². The molecule has 1 aromatic heterocycles. The van der Waals surface area contributed by atoms with Crippen LogP contribution in [0.2, 0.25) is 0 Å². The van der Waals surface area contributed by atoms with Crippen LogP contribution < -0.4 is 0 Å². The molecule has 0 aliphatic rings. The van der Waals surface area contributed by atoms with E-state index in [2.05, 4.69) is 17.1 Å². The van der Waals surface area contributed by atoms with Crippen LogP contribution in [0, 0.1) is 6.92 Å². The van der Waals surface area contributed by atoms with Crippen molar-refractivity contribution in [1.82, 2.24) is 4.98 Å². The molecule has 1 nitrogen and oxygen atoms in total. The van der Waals surface area contributed by atoms with Crippen LogP contribution in [0.3, 0.4) is 0 Å². The minimum atomic E-state index is 0. The zero-order valence-electron chi connectivity index (χ0n) is 6.99. The first kappa shape index (κ1) is 8.79. The Morgan fingerprint density at radius 3 is 2.58 bits per heavy atom. The largest absolute Gasteiger partial charge is 0.253 e. The van der Waals surface area contributed by atoms with Crippen LogP contribution in [0.15, 0.2) is 36.4 Å². The van der Waals surface area contributed by atoms with Crippen molar-refractivity contribution in [1.29, 1.82) is 0 Å². The van der Waals surface area contributed by atoms with Gasteiger partial charge in [-0.3, -0.25) is 4.98 Å². The summed E-state index contributed by atoms with van der Waals surface area (Å²) in [5, 5.41) is 1.21. The minimum absolute atomic E-state index is 0. The number of nitrogens with zero attached hydrogens (tertiary/aromatic N) is 1. The fraction of sp³-hybridized carbons (Fsp3) is 0.100. The van der Waals surface area contributed by atoms with Crippen LogP contribution in [0.1, 0.15) is 5.69 Å². The molecule has 0 fully saturated rings. The van der Waals surface area contributed by atoms with E-state index in [-0.39, 0.29) is 8.41 Å². The zero-order chi connectivity index (χ0) is 7.68. The number of benzene rings is 1. The Bertz CT molecular complexity index is 384. The highest BCUT2D eigenvalue weighted by Crippen LogP contribution is 2.10. The fourth-order valence-corrected chi connectivity index (χ4v) is 1.17. The summed E-state index contributed by atoms with van der Waals surface area (Å²) in [7, 11) is 0. The summed E-state index contributed by atoms with van der Waals surface area (Å²) in [6, 6.07) is 12.3. The summed E-state index contributed by atoms with van der Waals surface area (Å²) in [5.74, 6) is 0. The maximum absolute atomic E-state index is 4.38. The summed E-state index contributed by atoms with van der Waals surface area (Å²) in [5.41, 5.74) is 2.15. The van der Waals surface area contributed by atoms with Crippen molar-refractivity contribution >= 4 is 19.3 Å². The Balaban J connectivity index is 0.000000720. The van der Waals surface area contributed by atoms with Gasteiger partial charge in [0, 0.05) is 19.5 Å². The summed E-state index contributed by atoms with van der Waals surface area (Å²) >= 11 is 0. The molecule has 0 aliphatic carbocycles. The summed E-state index contributed by atoms with van der Waals surface area (Å²) in [6.45, 7) is 2.01. The Morgan fingerprint density at radius 1 is 1.00 bits per heavy atom. The van der Waals surface area contributed by atoms with Gasteiger partial charge in [0.25, 0.3) is 0 Å². The normalized spacial score (nSPS) is 9.42. The number of pyridine rings is 1. The number of aromatic nitrogens is 1. The molecule has 12 heavy (non-hydrogen) atoms. The van der Waals surface area contributed by atoms with E-state index in [9.17, 15) is 0 Å². The molecule has 0 amide bonds. The second kappa shape index (κ2) is 3.39. The second-order valence-corrected chi connectivity index (χ2v) is 2.65. The summed E-state index contributed by atoms with van der Waals surface area (Å²) in [4.78, 5) is 4.38. The molecule has 57 valence electrons. The Labute approximate surface area is 74.0 Å². The fourth-order valence-electron chi connectivity index (χ4n) is 1.17. The van der Waals surface area contributed by atoms with Gasteiger partial charge in [-0.2, -0.15) is 0 Å². The molecule has 0 N–H and O–H groups in total. The van der Waals surface area contributed by atoms with Gasteiger partial charge in [-0.05, 0) is 19.1 Å². The van der Waals surface area contributed by atoms with E-state index in [1.165, 1.54) is 5.39 Å². The molecule has 0 saturated carbocycles. The van der Waals surface area contributed by atoms with Crippen LogP contribution in [0.4, 0.5) is 0 Å².